The molecule has 102 valence electrons. The van der Waals surface area contributed by atoms with Gasteiger partial charge >= 0.3 is 0 Å². The smallest absolute Gasteiger partial charge is 0.0462 e. The van der Waals surface area contributed by atoms with E-state index in [2.05, 4.69) is 50.4 Å². The lowest BCUT2D eigenvalue weighted by Gasteiger charge is -2.19. The molecule has 0 radical (unpaired) electrons. The van der Waals surface area contributed by atoms with Gasteiger partial charge in [-0.3, -0.25) is 0 Å². The Morgan fingerprint density at radius 1 is 1.11 bits per heavy atom. The Balaban J connectivity index is 2.66. The molecule has 0 bridgehead atoms. The van der Waals surface area contributed by atoms with E-state index in [1.165, 1.54) is 11.1 Å². The highest BCUT2D eigenvalue weighted by atomic mass is 16.5. The Labute approximate surface area is 112 Å². The van der Waals surface area contributed by atoms with Crippen LogP contribution >= 0.6 is 0 Å². The van der Waals surface area contributed by atoms with Crippen molar-refractivity contribution in [1.82, 2.24) is 5.32 Å². The second-order valence-corrected chi connectivity index (χ2v) is 5.07. The third kappa shape index (κ3) is 4.79. The van der Waals surface area contributed by atoms with Crippen molar-refractivity contribution < 1.29 is 4.74 Å². The third-order valence-electron chi connectivity index (χ3n) is 3.30. The Bertz CT molecular complexity index is 318. The predicted octanol–water partition coefficient (Wildman–Crippen LogP) is 3.89. The van der Waals surface area contributed by atoms with Gasteiger partial charge in [-0.05, 0) is 36.4 Å². The number of rotatable bonds is 8. The predicted molar refractivity (Wildman–Crippen MR) is 78.1 cm³/mol. The zero-order valence-electron chi connectivity index (χ0n) is 12.2. The maximum Gasteiger partial charge on any atom is 0.0462 e. The van der Waals surface area contributed by atoms with Crippen LogP contribution in [0.1, 0.15) is 56.7 Å². The normalized spacial score (nSPS) is 12.9. The van der Waals surface area contributed by atoms with Crippen LogP contribution in [0.4, 0.5) is 0 Å². The monoisotopic (exact) mass is 249 g/mol. The summed E-state index contributed by atoms with van der Waals surface area (Å²) in [7, 11) is 1.76. The summed E-state index contributed by atoms with van der Waals surface area (Å²) in [4.78, 5) is 0. The molecule has 0 fully saturated rings. The molecule has 0 aliphatic carbocycles. The Morgan fingerprint density at radius 2 is 1.72 bits per heavy atom. The van der Waals surface area contributed by atoms with Crippen LogP contribution < -0.4 is 5.32 Å². The summed E-state index contributed by atoms with van der Waals surface area (Å²) in [6, 6.07) is 9.47. The van der Waals surface area contributed by atoms with Gasteiger partial charge in [-0.25, -0.2) is 0 Å². The lowest BCUT2D eigenvalue weighted by Crippen LogP contribution is -2.21. The minimum atomic E-state index is 0.450. The first-order chi connectivity index (χ1) is 8.69. The summed E-state index contributed by atoms with van der Waals surface area (Å²) in [5.74, 6) is 0.602. The van der Waals surface area contributed by atoms with E-state index in [-0.39, 0.29) is 0 Å². The number of ether oxygens (including phenoxy) is 1. The molecule has 0 amide bonds. The number of benzene rings is 1. The van der Waals surface area contributed by atoms with Gasteiger partial charge in [0.05, 0.1) is 0 Å². The van der Waals surface area contributed by atoms with Crippen molar-refractivity contribution in [2.24, 2.45) is 0 Å². The van der Waals surface area contributed by atoms with E-state index in [1.54, 1.807) is 7.11 Å². The van der Waals surface area contributed by atoms with Gasteiger partial charge in [0, 0.05) is 19.8 Å². The van der Waals surface area contributed by atoms with E-state index in [9.17, 15) is 0 Å². The first-order valence-electron chi connectivity index (χ1n) is 7.01. The van der Waals surface area contributed by atoms with Gasteiger partial charge in [0.15, 0.2) is 0 Å². The molecule has 1 atom stereocenters. The molecule has 1 aromatic carbocycles. The first-order valence-corrected chi connectivity index (χ1v) is 7.01. The average Bonchev–Trinajstić information content (AvgIpc) is 2.38. The lowest BCUT2D eigenvalue weighted by atomic mass is 9.97. The van der Waals surface area contributed by atoms with Crippen molar-refractivity contribution in [2.75, 3.05) is 20.3 Å². The highest BCUT2D eigenvalue weighted by Crippen LogP contribution is 2.21. The third-order valence-corrected chi connectivity index (χ3v) is 3.30. The van der Waals surface area contributed by atoms with Crippen LogP contribution in [-0.2, 0) is 4.74 Å². The molecule has 2 heteroatoms. The molecule has 0 aromatic heterocycles. The van der Waals surface area contributed by atoms with Gasteiger partial charge in [0.1, 0.15) is 0 Å². The second kappa shape index (κ2) is 8.28. The number of nitrogens with one attached hydrogen (secondary N) is 1. The molecule has 2 nitrogen and oxygen atoms in total. The van der Waals surface area contributed by atoms with Crippen molar-refractivity contribution in [2.45, 2.75) is 45.6 Å². The molecule has 1 unspecified atom stereocenters. The maximum atomic E-state index is 5.13. The summed E-state index contributed by atoms with van der Waals surface area (Å²) in [6.07, 6.45) is 2.23. The largest absolute Gasteiger partial charge is 0.385 e. The Kier molecular flexibility index (Phi) is 6.99. The molecule has 0 saturated carbocycles. The van der Waals surface area contributed by atoms with Crippen LogP contribution in [0.25, 0.3) is 0 Å². The molecular formula is C16H27NO. The van der Waals surface area contributed by atoms with Crippen LogP contribution in [0.15, 0.2) is 24.3 Å². The standard InChI is InChI=1S/C16H27NO/c1-5-17-16(7-6-12-18-4)15-10-8-14(9-11-15)13(2)3/h8-11,13,16-17H,5-7,12H2,1-4H3. The quantitative estimate of drug-likeness (QED) is 0.706. The van der Waals surface area contributed by atoms with Crippen molar-refractivity contribution in [3.8, 4) is 0 Å². The highest BCUT2D eigenvalue weighted by molar-refractivity contribution is 5.26. The van der Waals surface area contributed by atoms with Gasteiger partial charge in [-0.1, -0.05) is 45.0 Å². The van der Waals surface area contributed by atoms with Crippen molar-refractivity contribution in [3.63, 3.8) is 0 Å². The first kappa shape index (κ1) is 15.2. The molecule has 0 spiro atoms. The van der Waals surface area contributed by atoms with Crippen LogP contribution in [0, 0.1) is 0 Å². The highest BCUT2D eigenvalue weighted by Gasteiger charge is 2.10. The molecular weight excluding hydrogens is 222 g/mol. The van der Waals surface area contributed by atoms with E-state index in [0.29, 0.717) is 12.0 Å². The molecule has 18 heavy (non-hydrogen) atoms. The van der Waals surface area contributed by atoms with Crippen LogP contribution in [0.2, 0.25) is 0 Å². The summed E-state index contributed by atoms with van der Waals surface area (Å²) >= 11 is 0. The van der Waals surface area contributed by atoms with Gasteiger partial charge in [0.2, 0.25) is 0 Å². The van der Waals surface area contributed by atoms with E-state index in [1.807, 2.05) is 0 Å². The second-order valence-electron chi connectivity index (χ2n) is 5.07. The van der Waals surface area contributed by atoms with Gasteiger partial charge in [0.25, 0.3) is 0 Å². The van der Waals surface area contributed by atoms with E-state index in [0.717, 1.165) is 26.0 Å². The van der Waals surface area contributed by atoms with E-state index in [4.69, 9.17) is 4.74 Å². The van der Waals surface area contributed by atoms with E-state index >= 15 is 0 Å². The Morgan fingerprint density at radius 3 is 2.22 bits per heavy atom. The van der Waals surface area contributed by atoms with Crippen LogP contribution in [0.5, 0.6) is 0 Å². The fraction of sp³-hybridized carbons (Fsp3) is 0.625. The lowest BCUT2D eigenvalue weighted by molar-refractivity contribution is 0.189. The molecule has 1 rings (SSSR count). The molecule has 0 saturated heterocycles. The number of hydrogen-bond acceptors (Lipinski definition) is 2. The van der Waals surface area contributed by atoms with Gasteiger partial charge in [-0.2, -0.15) is 0 Å². The minimum absolute atomic E-state index is 0.450. The molecule has 1 aromatic rings. The van der Waals surface area contributed by atoms with E-state index < -0.39 is 0 Å². The SMILES string of the molecule is CCNC(CCCOC)c1ccc(C(C)C)cc1. The van der Waals surface area contributed by atoms with Crippen molar-refractivity contribution >= 4 is 0 Å². The summed E-state index contributed by atoms with van der Waals surface area (Å²) in [5.41, 5.74) is 2.79. The maximum absolute atomic E-state index is 5.13. The minimum Gasteiger partial charge on any atom is -0.385 e. The fourth-order valence-corrected chi connectivity index (χ4v) is 2.18. The Hall–Kier alpha value is -0.860. The van der Waals surface area contributed by atoms with Crippen molar-refractivity contribution in [1.29, 1.82) is 0 Å². The molecule has 0 heterocycles. The van der Waals surface area contributed by atoms with Gasteiger partial charge < -0.3 is 10.1 Å². The van der Waals surface area contributed by atoms with Crippen LogP contribution in [-0.4, -0.2) is 20.3 Å². The van der Waals surface area contributed by atoms with Crippen molar-refractivity contribution in [3.05, 3.63) is 35.4 Å². The van der Waals surface area contributed by atoms with Crippen LogP contribution in [0.3, 0.4) is 0 Å². The average molecular weight is 249 g/mol. The van der Waals surface area contributed by atoms with Gasteiger partial charge in [-0.15, -0.1) is 0 Å². The topological polar surface area (TPSA) is 21.3 Å². The zero-order chi connectivity index (χ0) is 13.4. The number of methoxy groups -OCH3 is 1. The summed E-state index contributed by atoms with van der Waals surface area (Å²) in [5, 5.41) is 3.55. The number of hydrogen-bond donors (Lipinski definition) is 1. The summed E-state index contributed by atoms with van der Waals surface area (Å²) < 4.78 is 5.13. The summed E-state index contributed by atoms with van der Waals surface area (Å²) in [6.45, 7) is 8.46. The fourth-order valence-electron chi connectivity index (χ4n) is 2.18. The molecule has 0 aliphatic heterocycles. The molecule has 1 N–H and O–H groups in total. The molecule has 0 aliphatic rings. The zero-order valence-corrected chi connectivity index (χ0v) is 12.2.